The summed E-state index contributed by atoms with van der Waals surface area (Å²) in [5.74, 6) is -1.29. The standard InChI is InChI=1S/C11H21NO4/c1-5-9(10(14)16-6-2)11(4,15)7-12-8(3)13/h9,15H,5-7H2,1-4H3,(H,12,13). The SMILES string of the molecule is CCOC(=O)C(CC)C(C)(O)CNC(C)=O. The zero-order valence-electron chi connectivity index (χ0n) is 10.4. The molecular weight excluding hydrogens is 210 g/mol. The van der Waals surface area contributed by atoms with E-state index in [2.05, 4.69) is 5.32 Å². The number of nitrogens with one attached hydrogen (secondary N) is 1. The number of carbonyl (C=O) groups is 2. The van der Waals surface area contributed by atoms with E-state index in [9.17, 15) is 14.7 Å². The van der Waals surface area contributed by atoms with E-state index in [-0.39, 0.29) is 19.1 Å². The van der Waals surface area contributed by atoms with Crippen molar-refractivity contribution in [3.05, 3.63) is 0 Å². The third kappa shape index (κ3) is 4.61. The molecule has 0 bridgehead atoms. The molecule has 16 heavy (non-hydrogen) atoms. The third-order valence-corrected chi connectivity index (χ3v) is 2.43. The van der Waals surface area contributed by atoms with Gasteiger partial charge in [-0.05, 0) is 20.3 Å². The zero-order chi connectivity index (χ0) is 12.8. The summed E-state index contributed by atoms with van der Waals surface area (Å²) in [4.78, 5) is 22.3. The van der Waals surface area contributed by atoms with Crippen molar-refractivity contribution in [1.82, 2.24) is 5.32 Å². The number of hydrogen-bond acceptors (Lipinski definition) is 4. The molecule has 1 amide bonds. The van der Waals surface area contributed by atoms with Crippen LogP contribution in [0.1, 0.15) is 34.1 Å². The van der Waals surface area contributed by atoms with E-state index >= 15 is 0 Å². The summed E-state index contributed by atoms with van der Waals surface area (Å²) in [6.07, 6.45) is 0.464. The average Bonchev–Trinajstić information content (AvgIpc) is 2.16. The second-order valence-electron chi connectivity index (χ2n) is 3.98. The molecule has 0 saturated heterocycles. The molecule has 5 heteroatoms. The maximum Gasteiger partial charge on any atom is 0.311 e. The minimum absolute atomic E-state index is 0.0413. The van der Waals surface area contributed by atoms with Gasteiger partial charge in [0.2, 0.25) is 5.91 Å². The van der Waals surface area contributed by atoms with Gasteiger partial charge in [0, 0.05) is 13.5 Å². The van der Waals surface area contributed by atoms with Gasteiger partial charge in [0.05, 0.1) is 18.1 Å². The normalized spacial score (nSPS) is 16.1. The van der Waals surface area contributed by atoms with E-state index in [1.807, 2.05) is 0 Å². The lowest BCUT2D eigenvalue weighted by atomic mass is 9.87. The Morgan fingerprint density at radius 2 is 2.00 bits per heavy atom. The Morgan fingerprint density at radius 3 is 2.38 bits per heavy atom. The fourth-order valence-corrected chi connectivity index (χ4v) is 1.53. The van der Waals surface area contributed by atoms with Crippen molar-refractivity contribution in [3.8, 4) is 0 Å². The fraction of sp³-hybridized carbons (Fsp3) is 0.818. The van der Waals surface area contributed by atoms with Gasteiger partial charge in [-0.1, -0.05) is 6.92 Å². The molecule has 0 aromatic heterocycles. The highest BCUT2D eigenvalue weighted by atomic mass is 16.5. The Bertz CT molecular complexity index is 250. The first-order chi connectivity index (χ1) is 7.35. The molecular formula is C11H21NO4. The first-order valence-corrected chi connectivity index (χ1v) is 5.48. The summed E-state index contributed by atoms with van der Waals surface area (Å²) >= 11 is 0. The van der Waals surface area contributed by atoms with E-state index in [1.54, 1.807) is 13.8 Å². The maximum atomic E-state index is 11.6. The fourth-order valence-electron chi connectivity index (χ4n) is 1.53. The maximum absolute atomic E-state index is 11.6. The first-order valence-electron chi connectivity index (χ1n) is 5.48. The van der Waals surface area contributed by atoms with Gasteiger partial charge in [0.15, 0.2) is 0 Å². The van der Waals surface area contributed by atoms with Gasteiger partial charge in [0.25, 0.3) is 0 Å². The van der Waals surface area contributed by atoms with Crippen LogP contribution in [0.5, 0.6) is 0 Å². The number of hydrogen-bond donors (Lipinski definition) is 2. The van der Waals surface area contributed by atoms with E-state index in [0.717, 1.165) is 0 Å². The van der Waals surface area contributed by atoms with Crippen LogP contribution in [0.15, 0.2) is 0 Å². The molecule has 0 aromatic rings. The molecule has 0 heterocycles. The van der Waals surface area contributed by atoms with Crippen molar-refractivity contribution in [3.63, 3.8) is 0 Å². The predicted molar refractivity (Wildman–Crippen MR) is 59.7 cm³/mol. The van der Waals surface area contributed by atoms with Crippen LogP contribution >= 0.6 is 0 Å². The van der Waals surface area contributed by atoms with Crippen molar-refractivity contribution in [2.75, 3.05) is 13.2 Å². The molecule has 0 saturated carbocycles. The summed E-state index contributed by atoms with van der Waals surface area (Å²) < 4.78 is 4.88. The van der Waals surface area contributed by atoms with Gasteiger partial charge in [-0.15, -0.1) is 0 Å². The quantitative estimate of drug-likeness (QED) is 0.651. The van der Waals surface area contributed by atoms with Gasteiger partial charge in [-0.25, -0.2) is 0 Å². The van der Waals surface area contributed by atoms with Gasteiger partial charge < -0.3 is 15.2 Å². The van der Waals surface area contributed by atoms with Gasteiger partial charge in [-0.3, -0.25) is 9.59 Å². The second kappa shape index (κ2) is 6.48. The van der Waals surface area contributed by atoms with Crippen LogP contribution in [-0.2, 0) is 14.3 Å². The smallest absolute Gasteiger partial charge is 0.311 e. The van der Waals surface area contributed by atoms with E-state index in [1.165, 1.54) is 13.8 Å². The molecule has 5 nitrogen and oxygen atoms in total. The number of amides is 1. The highest BCUT2D eigenvalue weighted by Gasteiger charge is 2.37. The number of esters is 1. The molecule has 0 radical (unpaired) electrons. The summed E-state index contributed by atoms with van der Waals surface area (Å²) in [6, 6.07) is 0. The largest absolute Gasteiger partial charge is 0.466 e. The van der Waals surface area contributed by atoms with Crippen LogP contribution in [-0.4, -0.2) is 35.7 Å². The summed E-state index contributed by atoms with van der Waals surface area (Å²) in [5, 5.41) is 12.6. The molecule has 0 fully saturated rings. The van der Waals surface area contributed by atoms with Crippen molar-refractivity contribution < 1.29 is 19.4 Å². The van der Waals surface area contributed by atoms with Crippen molar-refractivity contribution in [2.24, 2.45) is 5.92 Å². The Balaban J connectivity index is 4.52. The van der Waals surface area contributed by atoms with Crippen LogP contribution in [0.2, 0.25) is 0 Å². The monoisotopic (exact) mass is 231 g/mol. The first kappa shape index (κ1) is 14.9. The second-order valence-corrected chi connectivity index (χ2v) is 3.98. The lowest BCUT2D eigenvalue weighted by Gasteiger charge is -2.30. The topological polar surface area (TPSA) is 75.6 Å². The van der Waals surface area contributed by atoms with Crippen molar-refractivity contribution in [1.29, 1.82) is 0 Å². The Labute approximate surface area is 96.2 Å². The predicted octanol–water partition coefficient (Wildman–Crippen LogP) is 0.463. The number of ether oxygens (including phenoxy) is 1. The number of rotatable bonds is 6. The third-order valence-electron chi connectivity index (χ3n) is 2.43. The molecule has 0 aromatic carbocycles. The minimum atomic E-state index is -1.29. The molecule has 2 unspecified atom stereocenters. The van der Waals surface area contributed by atoms with Crippen molar-refractivity contribution in [2.45, 2.75) is 39.7 Å². The lowest BCUT2D eigenvalue weighted by Crippen LogP contribution is -2.48. The van der Waals surface area contributed by atoms with Crippen LogP contribution < -0.4 is 5.32 Å². The molecule has 0 aliphatic heterocycles. The number of aliphatic hydroxyl groups is 1. The van der Waals surface area contributed by atoms with E-state index in [0.29, 0.717) is 6.42 Å². The van der Waals surface area contributed by atoms with Crippen molar-refractivity contribution >= 4 is 11.9 Å². The van der Waals surface area contributed by atoms with E-state index < -0.39 is 17.5 Å². The van der Waals surface area contributed by atoms with E-state index in [4.69, 9.17) is 4.74 Å². The highest BCUT2D eigenvalue weighted by Crippen LogP contribution is 2.21. The van der Waals surface area contributed by atoms with Gasteiger partial charge in [-0.2, -0.15) is 0 Å². The lowest BCUT2D eigenvalue weighted by molar-refractivity contribution is -0.157. The molecule has 2 atom stereocenters. The van der Waals surface area contributed by atoms with Crippen LogP contribution in [0.3, 0.4) is 0 Å². The molecule has 0 aliphatic carbocycles. The van der Waals surface area contributed by atoms with Gasteiger partial charge in [0.1, 0.15) is 0 Å². The van der Waals surface area contributed by atoms with Crippen LogP contribution in [0, 0.1) is 5.92 Å². The highest BCUT2D eigenvalue weighted by molar-refractivity contribution is 5.75. The molecule has 94 valence electrons. The summed E-state index contributed by atoms with van der Waals surface area (Å²) in [6.45, 7) is 6.72. The molecule has 0 rings (SSSR count). The molecule has 0 spiro atoms. The zero-order valence-corrected chi connectivity index (χ0v) is 10.4. The summed E-state index contributed by atoms with van der Waals surface area (Å²) in [5.41, 5.74) is -1.29. The van der Waals surface area contributed by atoms with Crippen LogP contribution in [0.4, 0.5) is 0 Å². The Hall–Kier alpha value is -1.10. The number of carbonyl (C=O) groups excluding carboxylic acids is 2. The van der Waals surface area contributed by atoms with Gasteiger partial charge >= 0.3 is 5.97 Å². The minimum Gasteiger partial charge on any atom is -0.466 e. The molecule has 2 N–H and O–H groups in total. The Morgan fingerprint density at radius 1 is 1.44 bits per heavy atom. The molecule has 0 aliphatic rings. The summed E-state index contributed by atoms with van der Waals surface area (Å²) in [7, 11) is 0. The Kier molecular flexibility index (Phi) is 6.03. The van der Waals surface area contributed by atoms with Crippen LogP contribution in [0.25, 0.3) is 0 Å². The average molecular weight is 231 g/mol.